The van der Waals surface area contributed by atoms with Gasteiger partial charge in [-0.2, -0.15) is 0 Å². The molecule has 0 bridgehead atoms. The Kier molecular flexibility index (Phi) is 4.53. The molecule has 1 aromatic heterocycles. The van der Waals surface area contributed by atoms with Crippen molar-refractivity contribution in [3.63, 3.8) is 0 Å². The minimum Gasteiger partial charge on any atom is -0.369 e. The van der Waals surface area contributed by atoms with Crippen LogP contribution in [0.2, 0.25) is 0 Å². The average Bonchev–Trinajstić information content (AvgIpc) is 2.42. The second-order valence-electron chi connectivity index (χ2n) is 4.50. The first-order valence-electron chi connectivity index (χ1n) is 6.39. The molecule has 1 aliphatic rings. The number of rotatable bonds is 4. The third kappa shape index (κ3) is 2.90. The lowest BCUT2D eigenvalue weighted by Gasteiger charge is -2.33. The first-order valence-corrected chi connectivity index (χ1v) is 7.18. The van der Waals surface area contributed by atoms with Crippen LogP contribution in [0.25, 0.3) is 0 Å². The molecule has 8 heteroatoms. The number of halogens is 1. The molecule has 0 saturated carbocycles. The summed E-state index contributed by atoms with van der Waals surface area (Å²) in [6.45, 7) is 4.66. The number of hydrogen-bond donors (Lipinski definition) is 2. The largest absolute Gasteiger partial charge is 0.369 e. The molecule has 0 aliphatic carbocycles. The smallest absolute Gasteiger partial charge is 0.249 e. The Morgan fingerprint density at radius 1 is 1.50 bits per heavy atom. The second kappa shape index (κ2) is 6.17. The number of nitrogens with one attached hydrogen (secondary N) is 2. The van der Waals surface area contributed by atoms with Crippen LogP contribution in [0.3, 0.4) is 0 Å². The third-order valence-electron chi connectivity index (χ3n) is 3.01. The molecule has 1 atom stereocenters. The predicted molar refractivity (Wildman–Crippen MR) is 78.5 cm³/mol. The minimum atomic E-state index is -0.460. The highest BCUT2D eigenvalue weighted by molar-refractivity contribution is 9.10. The molecule has 0 aromatic carbocycles. The standard InChI is InChI=1S/C12H16BrN5O2/c1-3-4-14-10-9(13)11(16-6-15-10)18-5-8(19)17-12(20)7(18)2/h6-7H,3-5H2,1-2H3,(H,14,15,16)(H,17,19,20). The zero-order valence-electron chi connectivity index (χ0n) is 11.3. The number of amides is 2. The van der Waals surface area contributed by atoms with Gasteiger partial charge in [-0.05, 0) is 29.3 Å². The predicted octanol–water partition coefficient (Wildman–Crippen LogP) is 0.912. The maximum Gasteiger partial charge on any atom is 0.249 e. The molecule has 1 unspecified atom stereocenters. The van der Waals surface area contributed by atoms with Crippen LogP contribution in [0.5, 0.6) is 0 Å². The zero-order chi connectivity index (χ0) is 14.7. The SMILES string of the molecule is CCCNc1ncnc(N2CC(=O)NC(=O)C2C)c1Br. The van der Waals surface area contributed by atoms with E-state index < -0.39 is 6.04 Å². The van der Waals surface area contributed by atoms with Gasteiger partial charge in [-0.3, -0.25) is 14.9 Å². The van der Waals surface area contributed by atoms with Crippen molar-refractivity contribution in [1.29, 1.82) is 0 Å². The van der Waals surface area contributed by atoms with E-state index in [4.69, 9.17) is 0 Å². The maximum absolute atomic E-state index is 11.7. The Morgan fingerprint density at radius 2 is 2.25 bits per heavy atom. The van der Waals surface area contributed by atoms with Crippen molar-refractivity contribution in [1.82, 2.24) is 15.3 Å². The van der Waals surface area contributed by atoms with Crippen molar-refractivity contribution in [3.8, 4) is 0 Å². The van der Waals surface area contributed by atoms with Crippen LogP contribution in [-0.2, 0) is 9.59 Å². The highest BCUT2D eigenvalue weighted by Gasteiger charge is 2.32. The van der Waals surface area contributed by atoms with E-state index >= 15 is 0 Å². The summed E-state index contributed by atoms with van der Waals surface area (Å²) in [5.74, 6) is 0.535. The van der Waals surface area contributed by atoms with Crippen molar-refractivity contribution in [2.75, 3.05) is 23.3 Å². The minimum absolute atomic E-state index is 0.0930. The number of imide groups is 1. The molecular formula is C12H16BrN5O2. The summed E-state index contributed by atoms with van der Waals surface area (Å²) in [7, 11) is 0. The van der Waals surface area contributed by atoms with E-state index in [0.29, 0.717) is 16.1 Å². The van der Waals surface area contributed by atoms with Crippen LogP contribution in [0.15, 0.2) is 10.8 Å². The van der Waals surface area contributed by atoms with Gasteiger partial charge < -0.3 is 10.2 Å². The number of hydrogen-bond acceptors (Lipinski definition) is 6. The Bertz CT molecular complexity index is 537. The molecule has 2 N–H and O–H groups in total. The lowest BCUT2D eigenvalue weighted by molar-refractivity contribution is -0.132. The summed E-state index contributed by atoms with van der Waals surface area (Å²) < 4.78 is 0.655. The number of carbonyl (C=O) groups excluding carboxylic acids is 2. The highest BCUT2D eigenvalue weighted by atomic mass is 79.9. The van der Waals surface area contributed by atoms with Crippen LogP contribution < -0.4 is 15.5 Å². The fourth-order valence-corrected chi connectivity index (χ4v) is 2.47. The van der Waals surface area contributed by atoms with Gasteiger partial charge in [-0.15, -0.1) is 0 Å². The molecule has 2 rings (SSSR count). The fraction of sp³-hybridized carbons (Fsp3) is 0.500. The lowest BCUT2D eigenvalue weighted by atomic mass is 10.2. The quantitative estimate of drug-likeness (QED) is 0.791. The Morgan fingerprint density at radius 3 is 2.95 bits per heavy atom. The van der Waals surface area contributed by atoms with Crippen molar-refractivity contribution in [2.45, 2.75) is 26.3 Å². The summed E-state index contributed by atoms with van der Waals surface area (Å²) in [4.78, 5) is 33.2. The van der Waals surface area contributed by atoms with Gasteiger partial charge in [0.25, 0.3) is 0 Å². The van der Waals surface area contributed by atoms with Crippen LogP contribution in [0.1, 0.15) is 20.3 Å². The third-order valence-corrected chi connectivity index (χ3v) is 3.74. The van der Waals surface area contributed by atoms with Crippen LogP contribution in [0, 0.1) is 0 Å². The van der Waals surface area contributed by atoms with E-state index in [0.717, 1.165) is 13.0 Å². The molecule has 1 aromatic rings. The fourth-order valence-electron chi connectivity index (χ4n) is 1.90. The molecule has 2 heterocycles. The summed E-state index contributed by atoms with van der Waals surface area (Å²) in [5.41, 5.74) is 0. The normalized spacial score (nSPS) is 18.9. The first-order chi connectivity index (χ1) is 9.54. The van der Waals surface area contributed by atoms with Gasteiger partial charge in [0, 0.05) is 6.54 Å². The monoisotopic (exact) mass is 341 g/mol. The summed E-state index contributed by atoms with van der Waals surface area (Å²) in [5, 5.41) is 5.47. The van der Waals surface area contributed by atoms with E-state index in [9.17, 15) is 9.59 Å². The molecule has 0 spiro atoms. The van der Waals surface area contributed by atoms with Gasteiger partial charge in [-0.25, -0.2) is 9.97 Å². The van der Waals surface area contributed by atoms with E-state index in [2.05, 4.69) is 43.5 Å². The summed E-state index contributed by atoms with van der Waals surface area (Å²) in [6, 6.07) is -0.460. The van der Waals surface area contributed by atoms with E-state index in [1.165, 1.54) is 6.33 Å². The maximum atomic E-state index is 11.7. The molecule has 1 fully saturated rings. The van der Waals surface area contributed by atoms with Crippen molar-refractivity contribution in [2.24, 2.45) is 0 Å². The molecule has 1 aliphatic heterocycles. The molecule has 108 valence electrons. The second-order valence-corrected chi connectivity index (χ2v) is 5.30. The van der Waals surface area contributed by atoms with Gasteiger partial charge in [-0.1, -0.05) is 6.92 Å². The van der Waals surface area contributed by atoms with Crippen LogP contribution >= 0.6 is 15.9 Å². The van der Waals surface area contributed by atoms with Crippen molar-refractivity contribution >= 4 is 39.4 Å². The van der Waals surface area contributed by atoms with Gasteiger partial charge in [0.1, 0.15) is 28.5 Å². The number of anilines is 2. The topological polar surface area (TPSA) is 87.2 Å². The summed E-state index contributed by atoms with van der Waals surface area (Å²) in [6.07, 6.45) is 2.38. The van der Waals surface area contributed by atoms with Crippen LogP contribution in [-0.4, -0.2) is 40.9 Å². The number of carbonyl (C=O) groups is 2. The van der Waals surface area contributed by atoms with E-state index in [-0.39, 0.29) is 18.4 Å². The van der Waals surface area contributed by atoms with Gasteiger partial charge >= 0.3 is 0 Å². The van der Waals surface area contributed by atoms with Gasteiger partial charge in [0.2, 0.25) is 11.8 Å². The number of nitrogens with zero attached hydrogens (tertiary/aromatic N) is 3. The molecule has 0 radical (unpaired) electrons. The molecular weight excluding hydrogens is 326 g/mol. The lowest BCUT2D eigenvalue weighted by Crippen LogP contribution is -2.57. The van der Waals surface area contributed by atoms with Gasteiger partial charge in [0.05, 0.1) is 6.54 Å². The Balaban J connectivity index is 2.31. The van der Waals surface area contributed by atoms with Crippen molar-refractivity contribution < 1.29 is 9.59 Å². The zero-order valence-corrected chi connectivity index (χ0v) is 12.9. The molecule has 1 saturated heterocycles. The molecule has 2 amide bonds. The molecule has 7 nitrogen and oxygen atoms in total. The number of aromatic nitrogens is 2. The van der Waals surface area contributed by atoms with E-state index in [1.807, 2.05) is 0 Å². The highest BCUT2D eigenvalue weighted by Crippen LogP contribution is 2.31. The Hall–Kier alpha value is -1.70. The van der Waals surface area contributed by atoms with Crippen molar-refractivity contribution in [3.05, 3.63) is 10.8 Å². The first kappa shape index (κ1) is 14.7. The average molecular weight is 342 g/mol. The van der Waals surface area contributed by atoms with Crippen LogP contribution in [0.4, 0.5) is 11.6 Å². The number of piperazine rings is 1. The summed E-state index contributed by atoms with van der Waals surface area (Å²) >= 11 is 3.44. The van der Waals surface area contributed by atoms with Gasteiger partial charge in [0.15, 0.2) is 0 Å². The Labute approximate surface area is 125 Å². The van der Waals surface area contributed by atoms with E-state index in [1.54, 1.807) is 11.8 Å². The molecule has 20 heavy (non-hydrogen) atoms.